The van der Waals surface area contributed by atoms with Gasteiger partial charge in [-0.2, -0.15) is 0 Å². The summed E-state index contributed by atoms with van der Waals surface area (Å²) in [6.07, 6.45) is 0. The molecule has 0 amide bonds. The van der Waals surface area contributed by atoms with Gasteiger partial charge in [-0.15, -0.1) is 0 Å². The summed E-state index contributed by atoms with van der Waals surface area (Å²) in [4.78, 5) is 0. The number of nitrogens with two attached hydrogens (primary N) is 1. The standard InChI is InChI=1S/C16H18BrNO2/c1-2-19-15-8-4-6-13(10-18)16(15)20-11-12-5-3-7-14(17)9-12/h3-9H,2,10-11,18H2,1H3. The zero-order valence-corrected chi connectivity index (χ0v) is 13.0. The lowest BCUT2D eigenvalue weighted by Crippen LogP contribution is -2.05. The number of para-hydroxylation sites is 1. The molecular weight excluding hydrogens is 318 g/mol. The van der Waals surface area contributed by atoms with Gasteiger partial charge in [0.2, 0.25) is 0 Å². The first-order chi connectivity index (χ1) is 9.74. The summed E-state index contributed by atoms with van der Waals surface area (Å²) in [6, 6.07) is 13.8. The maximum atomic E-state index is 5.93. The second-order valence-electron chi connectivity index (χ2n) is 4.30. The Morgan fingerprint density at radius 3 is 2.60 bits per heavy atom. The molecule has 0 fully saturated rings. The highest BCUT2D eigenvalue weighted by atomic mass is 79.9. The Morgan fingerprint density at radius 1 is 1.10 bits per heavy atom. The van der Waals surface area contributed by atoms with Crippen LogP contribution in [0.3, 0.4) is 0 Å². The molecule has 0 radical (unpaired) electrons. The van der Waals surface area contributed by atoms with Crippen LogP contribution in [0.15, 0.2) is 46.9 Å². The van der Waals surface area contributed by atoms with E-state index < -0.39 is 0 Å². The molecular formula is C16H18BrNO2. The van der Waals surface area contributed by atoms with Crippen LogP contribution < -0.4 is 15.2 Å². The Hall–Kier alpha value is -1.52. The van der Waals surface area contributed by atoms with Crippen LogP contribution in [0.2, 0.25) is 0 Å². The van der Waals surface area contributed by atoms with Crippen molar-refractivity contribution in [3.05, 3.63) is 58.1 Å². The smallest absolute Gasteiger partial charge is 0.166 e. The number of halogens is 1. The van der Waals surface area contributed by atoms with Gasteiger partial charge in [-0.1, -0.05) is 40.2 Å². The molecule has 2 aromatic carbocycles. The minimum absolute atomic E-state index is 0.425. The molecule has 0 atom stereocenters. The van der Waals surface area contributed by atoms with Gasteiger partial charge in [0, 0.05) is 16.6 Å². The number of ether oxygens (including phenoxy) is 2. The van der Waals surface area contributed by atoms with E-state index >= 15 is 0 Å². The van der Waals surface area contributed by atoms with Crippen LogP contribution in [0, 0.1) is 0 Å². The summed E-state index contributed by atoms with van der Waals surface area (Å²) in [5.41, 5.74) is 7.81. The van der Waals surface area contributed by atoms with E-state index in [0.29, 0.717) is 19.8 Å². The third-order valence-corrected chi connectivity index (χ3v) is 3.35. The second kappa shape index (κ2) is 7.31. The Balaban J connectivity index is 2.19. The summed E-state index contributed by atoms with van der Waals surface area (Å²) in [7, 11) is 0. The van der Waals surface area contributed by atoms with Crippen LogP contribution in [-0.4, -0.2) is 6.61 Å². The summed E-state index contributed by atoms with van der Waals surface area (Å²) in [5, 5.41) is 0. The van der Waals surface area contributed by atoms with Crippen molar-refractivity contribution >= 4 is 15.9 Å². The van der Waals surface area contributed by atoms with Crippen LogP contribution in [0.1, 0.15) is 18.1 Å². The van der Waals surface area contributed by atoms with Gasteiger partial charge >= 0.3 is 0 Å². The van der Waals surface area contributed by atoms with Crippen molar-refractivity contribution in [2.75, 3.05) is 6.61 Å². The Labute approximate surface area is 127 Å². The third-order valence-electron chi connectivity index (χ3n) is 2.85. The predicted molar refractivity (Wildman–Crippen MR) is 84.0 cm³/mol. The van der Waals surface area contributed by atoms with Crippen LogP contribution in [-0.2, 0) is 13.2 Å². The number of hydrogen-bond donors (Lipinski definition) is 1. The largest absolute Gasteiger partial charge is 0.490 e. The van der Waals surface area contributed by atoms with Crippen molar-refractivity contribution in [3.63, 3.8) is 0 Å². The molecule has 0 aliphatic carbocycles. The Bertz CT molecular complexity index is 572. The minimum atomic E-state index is 0.425. The highest BCUT2D eigenvalue weighted by Crippen LogP contribution is 2.32. The fourth-order valence-corrected chi connectivity index (χ4v) is 2.38. The third kappa shape index (κ3) is 3.74. The monoisotopic (exact) mass is 335 g/mol. The van der Waals surface area contributed by atoms with Gasteiger partial charge in [0.25, 0.3) is 0 Å². The van der Waals surface area contributed by atoms with E-state index in [9.17, 15) is 0 Å². The molecule has 4 heteroatoms. The first-order valence-corrected chi connectivity index (χ1v) is 7.36. The molecule has 2 aromatic rings. The van der Waals surface area contributed by atoms with Crippen molar-refractivity contribution < 1.29 is 9.47 Å². The molecule has 0 unspecified atom stereocenters. The molecule has 0 heterocycles. The Morgan fingerprint density at radius 2 is 1.90 bits per heavy atom. The fourth-order valence-electron chi connectivity index (χ4n) is 1.94. The molecule has 0 saturated heterocycles. The van der Waals surface area contributed by atoms with Crippen molar-refractivity contribution in [3.8, 4) is 11.5 Å². The van der Waals surface area contributed by atoms with Gasteiger partial charge < -0.3 is 15.2 Å². The minimum Gasteiger partial charge on any atom is -0.490 e. The normalized spacial score (nSPS) is 10.3. The van der Waals surface area contributed by atoms with Gasteiger partial charge in [-0.3, -0.25) is 0 Å². The summed E-state index contributed by atoms with van der Waals surface area (Å²) < 4.78 is 12.6. The van der Waals surface area contributed by atoms with Gasteiger partial charge in [0.15, 0.2) is 11.5 Å². The maximum Gasteiger partial charge on any atom is 0.166 e. The molecule has 20 heavy (non-hydrogen) atoms. The van der Waals surface area contributed by atoms with Gasteiger partial charge in [0.1, 0.15) is 6.61 Å². The van der Waals surface area contributed by atoms with E-state index in [4.69, 9.17) is 15.2 Å². The fraction of sp³-hybridized carbons (Fsp3) is 0.250. The van der Waals surface area contributed by atoms with Crippen LogP contribution in [0.25, 0.3) is 0 Å². The molecule has 0 spiro atoms. The lowest BCUT2D eigenvalue weighted by molar-refractivity contribution is 0.266. The molecule has 0 aliphatic heterocycles. The van der Waals surface area contributed by atoms with E-state index in [1.54, 1.807) is 0 Å². The van der Waals surface area contributed by atoms with E-state index in [1.807, 2.05) is 49.4 Å². The van der Waals surface area contributed by atoms with Crippen molar-refractivity contribution in [1.82, 2.24) is 0 Å². The first kappa shape index (κ1) is 14.9. The summed E-state index contributed by atoms with van der Waals surface area (Å²) >= 11 is 3.46. The van der Waals surface area contributed by atoms with E-state index in [0.717, 1.165) is 27.1 Å². The zero-order chi connectivity index (χ0) is 14.4. The molecule has 0 bridgehead atoms. The van der Waals surface area contributed by atoms with E-state index in [1.165, 1.54) is 0 Å². The number of benzene rings is 2. The lowest BCUT2D eigenvalue weighted by Gasteiger charge is -2.15. The van der Waals surface area contributed by atoms with Crippen molar-refractivity contribution in [2.24, 2.45) is 5.73 Å². The molecule has 2 N–H and O–H groups in total. The van der Waals surface area contributed by atoms with Gasteiger partial charge in [0.05, 0.1) is 6.61 Å². The summed E-state index contributed by atoms with van der Waals surface area (Å²) in [5.74, 6) is 1.47. The Kier molecular flexibility index (Phi) is 5.44. The topological polar surface area (TPSA) is 44.5 Å². The van der Waals surface area contributed by atoms with Gasteiger partial charge in [-0.25, -0.2) is 0 Å². The first-order valence-electron chi connectivity index (χ1n) is 6.56. The highest BCUT2D eigenvalue weighted by Gasteiger charge is 2.10. The SMILES string of the molecule is CCOc1cccc(CN)c1OCc1cccc(Br)c1. The lowest BCUT2D eigenvalue weighted by atomic mass is 10.2. The second-order valence-corrected chi connectivity index (χ2v) is 5.22. The number of rotatable bonds is 6. The van der Waals surface area contributed by atoms with Crippen LogP contribution >= 0.6 is 15.9 Å². The average Bonchev–Trinajstić information content (AvgIpc) is 2.46. The molecule has 3 nitrogen and oxygen atoms in total. The van der Waals surface area contributed by atoms with Crippen LogP contribution in [0.4, 0.5) is 0 Å². The molecule has 0 aliphatic rings. The van der Waals surface area contributed by atoms with Gasteiger partial charge in [-0.05, 0) is 30.7 Å². The highest BCUT2D eigenvalue weighted by molar-refractivity contribution is 9.10. The summed E-state index contributed by atoms with van der Waals surface area (Å²) in [6.45, 7) is 3.46. The van der Waals surface area contributed by atoms with E-state index in [2.05, 4.69) is 15.9 Å². The molecule has 0 saturated carbocycles. The van der Waals surface area contributed by atoms with Crippen molar-refractivity contribution in [2.45, 2.75) is 20.1 Å². The maximum absolute atomic E-state index is 5.93. The molecule has 0 aromatic heterocycles. The number of hydrogen-bond acceptors (Lipinski definition) is 3. The quantitative estimate of drug-likeness (QED) is 0.870. The molecule has 106 valence electrons. The zero-order valence-electron chi connectivity index (χ0n) is 11.4. The molecule has 2 rings (SSSR count). The van der Waals surface area contributed by atoms with E-state index in [-0.39, 0.29) is 0 Å². The average molecular weight is 336 g/mol. The van der Waals surface area contributed by atoms with Crippen LogP contribution in [0.5, 0.6) is 11.5 Å². The predicted octanol–water partition coefficient (Wildman–Crippen LogP) is 3.89. The van der Waals surface area contributed by atoms with Crippen molar-refractivity contribution in [1.29, 1.82) is 0 Å².